The molecule has 7 nitrogen and oxygen atoms in total. The SMILES string of the molecule is CSCC(=O)N1CCC2(CCc3c(-c4noc(-c5ccc(OC(C)C)c(C#N)c5)n4)cccc32)C1. The zero-order chi connectivity index (χ0) is 24.6. The van der Waals surface area contributed by atoms with Gasteiger partial charge in [-0.3, -0.25) is 4.79 Å². The van der Waals surface area contributed by atoms with Crippen LogP contribution in [0.5, 0.6) is 5.75 Å². The molecule has 2 heterocycles. The number of amides is 1. The quantitative estimate of drug-likeness (QED) is 0.490. The van der Waals surface area contributed by atoms with Crippen LogP contribution >= 0.6 is 11.8 Å². The zero-order valence-electron chi connectivity index (χ0n) is 20.2. The molecular formula is C27H28N4O3S. The maximum atomic E-state index is 12.5. The summed E-state index contributed by atoms with van der Waals surface area (Å²) in [5, 5.41) is 13.8. The third kappa shape index (κ3) is 4.30. The number of nitriles is 1. The minimum Gasteiger partial charge on any atom is -0.490 e. The van der Waals surface area contributed by atoms with Gasteiger partial charge in [0.2, 0.25) is 11.7 Å². The van der Waals surface area contributed by atoms with Crippen LogP contribution in [0.1, 0.15) is 43.4 Å². The lowest BCUT2D eigenvalue weighted by atomic mass is 9.81. The molecule has 1 aliphatic carbocycles. The van der Waals surface area contributed by atoms with Gasteiger partial charge in [-0.15, -0.1) is 0 Å². The summed E-state index contributed by atoms with van der Waals surface area (Å²) < 4.78 is 11.3. The summed E-state index contributed by atoms with van der Waals surface area (Å²) in [4.78, 5) is 19.2. The summed E-state index contributed by atoms with van der Waals surface area (Å²) in [5.41, 5.74) is 4.66. The molecule has 1 saturated heterocycles. The molecular weight excluding hydrogens is 460 g/mol. The average Bonchev–Trinajstić information content (AvgIpc) is 3.59. The molecule has 0 saturated carbocycles. The third-order valence-corrected chi connectivity index (χ3v) is 7.49. The van der Waals surface area contributed by atoms with Crippen LogP contribution in [0.15, 0.2) is 40.9 Å². The van der Waals surface area contributed by atoms with Crippen molar-refractivity contribution in [1.29, 1.82) is 5.26 Å². The normalized spacial score (nSPS) is 18.8. The fourth-order valence-corrected chi connectivity index (χ4v) is 5.77. The highest BCUT2D eigenvalue weighted by Crippen LogP contribution is 2.48. The number of thioether (sulfide) groups is 1. The number of aromatic nitrogens is 2. The number of carbonyl (C=O) groups excluding carboxylic acids is 1. The predicted molar refractivity (Wildman–Crippen MR) is 135 cm³/mol. The first-order valence-electron chi connectivity index (χ1n) is 11.9. The van der Waals surface area contributed by atoms with Crippen molar-refractivity contribution in [1.82, 2.24) is 15.0 Å². The van der Waals surface area contributed by atoms with Gasteiger partial charge in [0.1, 0.15) is 11.8 Å². The predicted octanol–water partition coefficient (Wildman–Crippen LogP) is 4.84. The van der Waals surface area contributed by atoms with Gasteiger partial charge in [-0.1, -0.05) is 23.4 Å². The van der Waals surface area contributed by atoms with E-state index in [1.165, 1.54) is 11.1 Å². The molecule has 0 N–H and O–H groups in total. The van der Waals surface area contributed by atoms with Gasteiger partial charge in [-0.05, 0) is 68.7 Å². The van der Waals surface area contributed by atoms with Crippen LogP contribution < -0.4 is 4.74 Å². The highest BCUT2D eigenvalue weighted by Gasteiger charge is 2.46. The molecule has 1 aliphatic heterocycles. The number of nitrogens with zero attached hydrogens (tertiary/aromatic N) is 4. The maximum absolute atomic E-state index is 12.5. The van der Waals surface area contributed by atoms with E-state index < -0.39 is 0 Å². The van der Waals surface area contributed by atoms with Crippen molar-refractivity contribution in [3.05, 3.63) is 53.1 Å². The molecule has 1 fully saturated rings. The van der Waals surface area contributed by atoms with Crippen LogP contribution in [0, 0.1) is 11.3 Å². The second kappa shape index (κ2) is 9.38. The molecule has 2 aliphatic rings. The van der Waals surface area contributed by atoms with Crippen LogP contribution in [-0.2, 0) is 16.6 Å². The van der Waals surface area contributed by atoms with Gasteiger partial charge in [0.25, 0.3) is 5.89 Å². The number of hydrogen-bond donors (Lipinski definition) is 0. The Balaban J connectivity index is 1.43. The minimum atomic E-state index is -0.0259. The Hall–Kier alpha value is -3.31. The van der Waals surface area contributed by atoms with E-state index in [2.05, 4.69) is 28.3 Å². The van der Waals surface area contributed by atoms with E-state index in [1.807, 2.05) is 37.1 Å². The number of rotatable bonds is 6. The molecule has 5 rings (SSSR count). The number of carbonyl (C=O) groups is 1. The lowest BCUT2D eigenvalue weighted by Gasteiger charge is -2.25. The molecule has 1 spiro atoms. The molecule has 8 heteroatoms. The molecule has 3 aromatic rings. The van der Waals surface area contributed by atoms with Gasteiger partial charge in [0.05, 0.1) is 17.4 Å². The molecule has 35 heavy (non-hydrogen) atoms. The van der Waals surface area contributed by atoms with Crippen molar-refractivity contribution in [2.75, 3.05) is 25.1 Å². The Kier molecular flexibility index (Phi) is 6.28. The topological polar surface area (TPSA) is 92.3 Å². The number of fused-ring (bicyclic) bond motifs is 2. The zero-order valence-corrected chi connectivity index (χ0v) is 21.0. The van der Waals surface area contributed by atoms with Gasteiger partial charge in [-0.2, -0.15) is 22.0 Å². The lowest BCUT2D eigenvalue weighted by Crippen LogP contribution is -2.34. The van der Waals surface area contributed by atoms with Crippen molar-refractivity contribution in [3.63, 3.8) is 0 Å². The van der Waals surface area contributed by atoms with Crippen molar-refractivity contribution in [2.45, 2.75) is 44.6 Å². The Morgan fingerprint density at radius 2 is 2.17 bits per heavy atom. The van der Waals surface area contributed by atoms with E-state index in [0.29, 0.717) is 34.3 Å². The second-order valence-corrected chi connectivity index (χ2v) is 10.4. The van der Waals surface area contributed by atoms with E-state index in [-0.39, 0.29) is 17.4 Å². The fraction of sp³-hybridized carbons (Fsp3) is 0.407. The number of benzene rings is 2. The standard InChI is InChI=1S/C27H28N4O3S/c1-17(2)33-23-8-7-18(13-19(23)14-28)26-29-25(30-34-26)21-5-4-6-22-20(21)9-10-27(22)11-12-31(16-27)24(32)15-35-3/h4-8,13,17H,9-12,15-16H2,1-3H3. The van der Waals surface area contributed by atoms with Crippen LogP contribution in [0.3, 0.4) is 0 Å². The smallest absolute Gasteiger partial charge is 0.258 e. The summed E-state index contributed by atoms with van der Waals surface area (Å²) >= 11 is 1.58. The largest absolute Gasteiger partial charge is 0.490 e. The molecule has 2 aromatic carbocycles. The van der Waals surface area contributed by atoms with E-state index in [4.69, 9.17) is 9.26 Å². The van der Waals surface area contributed by atoms with Crippen LogP contribution in [0.25, 0.3) is 22.8 Å². The first-order chi connectivity index (χ1) is 16.9. The first kappa shape index (κ1) is 23.4. The van der Waals surface area contributed by atoms with Crippen molar-refractivity contribution in [3.8, 4) is 34.7 Å². The molecule has 0 bridgehead atoms. The van der Waals surface area contributed by atoms with Crippen LogP contribution in [0.2, 0.25) is 0 Å². The van der Waals surface area contributed by atoms with E-state index in [0.717, 1.165) is 37.9 Å². The lowest BCUT2D eigenvalue weighted by molar-refractivity contribution is -0.127. The first-order valence-corrected chi connectivity index (χ1v) is 13.3. The van der Waals surface area contributed by atoms with Gasteiger partial charge in [-0.25, -0.2) is 0 Å². The highest BCUT2D eigenvalue weighted by molar-refractivity contribution is 7.99. The van der Waals surface area contributed by atoms with E-state index in [1.54, 1.807) is 23.9 Å². The Bertz CT molecular complexity index is 1310. The summed E-state index contributed by atoms with van der Waals surface area (Å²) in [7, 11) is 0. The average molecular weight is 489 g/mol. The number of ether oxygens (including phenoxy) is 1. The Morgan fingerprint density at radius 1 is 1.31 bits per heavy atom. The molecule has 180 valence electrons. The molecule has 1 unspecified atom stereocenters. The summed E-state index contributed by atoms with van der Waals surface area (Å²) in [6.45, 7) is 5.44. The van der Waals surface area contributed by atoms with Crippen molar-refractivity contribution in [2.24, 2.45) is 0 Å². The molecule has 1 amide bonds. The maximum Gasteiger partial charge on any atom is 0.258 e. The monoisotopic (exact) mass is 488 g/mol. The summed E-state index contributed by atoms with van der Waals surface area (Å²) in [6, 6.07) is 13.8. The number of hydrogen-bond acceptors (Lipinski definition) is 7. The van der Waals surface area contributed by atoms with E-state index >= 15 is 0 Å². The van der Waals surface area contributed by atoms with Crippen LogP contribution in [-0.4, -0.2) is 52.1 Å². The Morgan fingerprint density at radius 3 is 2.94 bits per heavy atom. The highest BCUT2D eigenvalue weighted by atomic mass is 32.2. The molecule has 1 atom stereocenters. The van der Waals surface area contributed by atoms with Crippen LogP contribution in [0.4, 0.5) is 0 Å². The minimum absolute atomic E-state index is 0.0138. The third-order valence-electron chi connectivity index (χ3n) is 6.95. The van der Waals surface area contributed by atoms with Gasteiger partial charge in [0.15, 0.2) is 0 Å². The molecule has 1 aromatic heterocycles. The van der Waals surface area contributed by atoms with Gasteiger partial charge < -0.3 is 14.2 Å². The second-order valence-electron chi connectivity index (χ2n) is 9.52. The van der Waals surface area contributed by atoms with Gasteiger partial charge >= 0.3 is 0 Å². The number of likely N-dealkylation sites (tertiary alicyclic amines) is 1. The van der Waals surface area contributed by atoms with Crippen molar-refractivity contribution < 1.29 is 14.1 Å². The summed E-state index contributed by atoms with van der Waals surface area (Å²) in [6.07, 6.45) is 4.88. The van der Waals surface area contributed by atoms with E-state index in [9.17, 15) is 10.1 Å². The van der Waals surface area contributed by atoms with Crippen molar-refractivity contribution >= 4 is 17.7 Å². The Labute approximate surface area is 209 Å². The fourth-order valence-electron chi connectivity index (χ4n) is 5.34. The summed E-state index contributed by atoms with van der Waals surface area (Å²) in [5.74, 6) is 2.21. The van der Waals surface area contributed by atoms with Gasteiger partial charge in [0, 0.05) is 29.6 Å². The molecule has 0 radical (unpaired) electrons.